The van der Waals surface area contributed by atoms with Gasteiger partial charge < -0.3 is 14.9 Å². The molecular weight excluding hydrogens is 364 g/mol. The third-order valence-electron chi connectivity index (χ3n) is 5.41. The van der Waals surface area contributed by atoms with Crippen molar-refractivity contribution in [3.05, 3.63) is 36.6 Å². The third kappa shape index (κ3) is 10.8. The fourth-order valence-corrected chi connectivity index (χ4v) is 3.46. The molecule has 0 heterocycles. The Hall–Kier alpha value is -1.39. The highest BCUT2D eigenvalue weighted by molar-refractivity contribution is 5.75. The lowest BCUT2D eigenvalue weighted by Gasteiger charge is -2.20. The van der Waals surface area contributed by atoms with Gasteiger partial charge in [-0.1, -0.05) is 63.3 Å². The van der Waals surface area contributed by atoms with Crippen LogP contribution in [0.3, 0.4) is 0 Å². The predicted octanol–water partition coefficient (Wildman–Crippen LogP) is 5.70. The van der Waals surface area contributed by atoms with Crippen molar-refractivity contribution < 1.29 is 19.7 Å². The van der Waals surface area contributed by atoms with Gasteiger partial charge >= 0.3 is 5.97 Å². The van der Waals surface area contributed by atoms with Crippen molar-refractivity contribution in [2.75, 3.05) is 0 Å². The van der Waals surface area contributed by atoms with E-state index in [0.29, 0.717) is 0 Å². The minimum Gasteiger partial charge on any atom is -0.434 e. The molecule has 2 N–H and O–H groups in total. The van der Waals surface area contributed by atoms with E-state index in [1.54, 1.807) is 0 Å². The van der Waals surface area contributed by atoms with E-state index in [-0.39, 0.29) is 23.9 Å². The molecule has 4 nitrogen and oxygen atoms in total. The van der Waals surface area contributed by atoms with Gasteiger partial charge in [-0.05, 0) is 58.4 Å². The zero-order chi connectivity index (χ0) is 21.7. The molecular formula is C25H42O4. The van der Waals surface area contributed by atoms with Gasteiger partial charge in [0, 0.05) is 5.92 Å². The molecule has 0 bridgehead atoms. The monoisotopic (exact) mass is 406 g/mol. The van der Waals surface area contributed by atoms with Crippen LogP contribution in [0, 0.1) is 17.3 Å². The highest BCUT2D eigenvalue weighted by Gasteiger charge is 2.28. The van der Waals surface area contributed by atoms with E-state index in [0.717, 1.165) is 57.8 Å². The Kier molecular flexibility index (Phi) is 12.2. The molecule has 0 aliphatic heterocycles. The lowest BCUT2D eigenvalue weighted by atomic mass is 9.88. The minimum absolute atomic E-state index is 0.206. The van der Waals surface area contributed by atoms with Crippen LogP contribution >= 0.6 is 0 Å². The van der Waals surface area contributed by atoms with E-state index in [9.17, 15) is 15.0 Å². The highest BCUT2D eigenvalue weighted by atomic mass is 16.5. The zero-order valence-electron chi connectivity index (χ0n) is 18.8. The summed E-state index contributed by atoms with van der Waals surface area (Å²) >= 11 is 0. The van der Waals surface area contributed by atoms with Gasteiger partial charge in [-0.3, -0.25) is 4.79 Å². The summed E-state index contributed by atoms with van der Waals surface area (Å²) in [7, 11) is 0. The standard InChI is InChI=1S/C25H42O4/c1-5-6-10-13-21(26)17-15-20-16-18-23(27)22(20)14-11-8-7-9-12-19-29-24(28)25(2,3)4/h12,15-23,26-27H,5-11,13-14H2,1-4H3/b17-15+,19-12?. The Bertz CT molecular complexity index is 542. The fraction of sp³-hybridized carbons (Fsp3) is 0.720. The second-order valence-electron chi connectivity index (χ2n) is 9.23. The first-order chi connectivity index (χ1) is 13.8. The predicted molar refractivity (Wildman–Crippen MR) is 119 cm³/mol. The number of rotatable bonds is 13. The van der Waals surface area contributed by atoms with Crippen molar-refractivity contribution in [3.8, 4) is 0 Å². The Balaban J connectivity index is 2.24. The molecule has 0 spiro atoms. The summed E-state index contributed by atoms with van der Waals surface area (Å²) in [5.41, 5.74) is -0.475. The molecule has 4 heteroatoms. The molecule has 4 unspecified atom stereocenters. The van der Waals surface area contributed by atoms with Crippen LogP contribution in [0.15, 0.2) is 36.6 Å². The molecule has 0 aromatic rings. The van der Waals surface area contributed by atoms with Crippen LogP contribution in [-0.2, 0) is 9.53 Å². The van der Waals surface area contributed by atoms with Crippen molar-refractivity contribution in [2.24, 2.45) is 17.3 Å². The van der Waals surface area contributed by atoms with E-state index < -0.39 is 11.5 Å². The van der Waals surface area contributed by atoms with E-state index in [1.807, 2.05) is 39.0 Å². The van der Waals surface area contributed by atoms with Gasteiger partial charge in [-0.25, -0.2) is 0 Å². The molecule has 1 aliphatic carbocycles. The Morgan fingerprint density at radius 2 is 1.90 bits per heavy atom. The van der Waals surface area contributed by atoms with Crippen molar-refractivity contribution in [1.82, 2.24) is 0 Å². The first-order valence-corrected chi connectivity index (χ1v) is 11.3. The number of carbonyl (C=O) groups is 1. The highest BCUT2D eigenvalue weighted by Crippen LogP contribution is 2.31. The summed E-state index contributed by atoms with van der Waals surface area (Å²) in [6.45, 7) is 7.68. The van der Waals surface area contributed by atoms with E-state index in [1.165, 1.54) is 6.26 Å². The number of carbonyl (C=O) groups excluding carboxylic acids is 1. The molecule has 166 valence electrons. The van der Waals surface area contributed by atoms with Crippen LogP contribution in [0.1, 0.15) is 85.5 Å². The van der Waals surface area contributed by atoms with Crippen LogP contribution in [0.5, 0.6) is 0 Å². The number of unbranched alkanes of at least 4 members (excludes halogenated alkanes) is 5. The van der Waals surface area contributed by atoms with Crippen LogP contribution in [-0.4, -0.2) is 28.4 Å². The normalized spacial score (nSPS) is 23.3. The summed E-state index contributed by atoms with van der Waals surface area (Å²) in [4.78, 5) is 11.6. The molecule has 0 aromatic carbocycles. The van der Waals surface area contributed by atoms with Crippen LogP contribution < -0.4 is 0 Å². The maximum atomic E-state index is 11.6. The first kappa shape index (κ1) is 25.6. The summed E-state index contributed by atoms with van der Waals surface area (Å²) in [5, 5.41) is 20.3. The minimum atomic E-state index is -0.475. The summed E-state index contributed by atoms with van der Waals surface area (Å²) in [5.74, 6) is 0.200. The molecule has 0 radical (unpaired) electrons. The lowest BCUT2D eigenvalue weighted by Crippen LogP contribution is -2.20. The molecule has 29 heavy (non-hydrogen) atoms. The quantitative estimate of drug-likeness (QED) is 0.178. The van der Waals surface area contributed by atoms with Crippen molar-refractivity contribution in [2.45, 2.75) is 97.7 Å². The second-order valence-corrected chi connectivity index (χ2v) is 9.23. The molecule has 1 rings (SSSR count). The average molecular weight is 407 g/mol. The Labute approximate surface area is 177 Å². The number of aliphatic hydroxyl groups excluding tert-OH is 2. The SMILES string of the molecule is CCCCCC(O)/C=C/C1C=CC(O)C1CCCCCC=COC(=O)C(C)(C)C. The Morgan fingerprint density at radius 1 is 1.14 bits per heavy atom. The lowest BCUT2D eigenvalue weighted by molar-refractivity contribution is -0.146. The Morgan fingerprint density at radius 3 is 2.59 bits per heavy atom. The average Bonchev–Trinajstić information content (AvgIpc) is 3.01. The van der Waals surface area contributed by atoms with Gasteiger partial charge in [0.1, 0.15) is 0 Å². The maximum Gasteiger partial charge on any atom is 0.316 e. The number of allylic oxidation sites excluding steroid dienone is 3. The van der Waals surface area contributed by atoms with Gasteiger partial charge in [-0.15, -0.1) is 0 Å². The number of esters is 1. The number of aliphatic hydroxyl groups is 2. The van der Waals surface area contributed by atoms with Crippen LogP contribution in [0.4, 0.5) is 0 Å². The number of ether oxygens (including phenoxy) is 1. The molecule has 0 aromatic heterocycles. The molecule has 0 saturated heterocycles. The zero-order valence-corrected chi connectivity index (χ0v) is 18.8. The van der Waals surface area contributed by atoms with Gasteiger partial charge in [0.05, 0.1) is 23.9 Å². The number of hydrogen-bond donors (Lipinski definition) is 2. The van der Waals surface area contributed by atoms with Gasteiger partial charge in [0.15, 0.2) is 0 Å². The van der Waals surface area contributed by atoms with Crippen molar-refractivity contribution in [3.63, 3.8) is 0 Å². The molecule has 1 aliphatic rings. The van der Waals surface area contributed by atoms with Crippen molar-refractivity contribution in [1.29, 1.82) is 0 Å². The van der Waals surface area contributed by atoms with Gasteiger partial charge in [0.25, 0.3) is 0 Å². The maximum absolute atomic E-state index is 11.6. The molecule has 0 saturated carbocycles. The van der Waals surface area contributed by atoms with E-state index in [2.05, 4.69) is 19.1 Å². The molecule has 4 atom stereocenters. The third-order valence-corrected chi connectivity index (χ3v) is 5.41. The largest absolute Gasteiger partial charge is 0.434 e. The topological polar surface area (TPSA) is 66.8 Å². The summed E-state index contributed by atoms with van der Waals surface area (Å²) < 4.78 is 5.11. The summed E-state index contributed by atoms with van der Waals surface area (Å²) in [6.07, 6.45) is 19.8. The van der Waals surface area contributed by atoms with Crippen LogP contribution in [0.2, 0.25) is 0 Å². The van der Waals surface area contributed by atoms with E-state index >= 15 is 0 Å². The second kappa shape index (κ2) is 13.8. The number of hydrogen-bond acceptors (Lipinski definition) is 4. The van der Waals surface area contributed by atoms with Crippen molar-refractivity contribution >= 4 is 5.97 Å². The first-order valence-electron chi connectivity index (χ1n) is 11.3. The molecule has 0 fully saturated rings. The van der Waals surface area contributed by atoms with Crippen LogP contribution in [0.25, 0.3) is 0 Å². The molecule has 0 amide bonds. The summed E-state index contributed by atoms with van der Waals surface area (Å²) in [6, 6.07) is 0. The van der Waals surface area contributed by atoms with Gasteiger partial charge in [0.2, 0.25) is 0 Å². The fourth-order valence-electron chi connectivity index (χ4n) is 3.46. The van der Waals surface area contributed by atoms with E-state index in [4.69, 9.17) is 4.74 Å². The van der Waals surface area contributed by atoms with Gasteiger partial charge in [-0.2, -0.15) is 0 Å². The smallest absolute Gasteiger partial charge is 0.316 e.